The smallest absolute Gasteiger partial charge is 0.00673 e. The first kappa shape index (κ1) is 9.53. The number of hydrogen-bond acceptors (Lipinski definition) is 1. The maximum absolute atomic E-state index is 3.60. The molecule has 11 heavy (non-hydrogen) atoms. The summed E-state index contributed by atoms with van der Waals surface area (Å²) in [6.07, 6.45) is 8.30. The van der Waals surface area contributed by atoms with E-state index < -0.39 is 0 Å². The van der Waals surface area contributed by atoms with Gasteiger partial charge in [-0.1, -0.05) is 28.8 Å². The summed E-state index contributed by atoms with van der Waals surface area (Å²) in [5.41, 5.74) is 0. The number of rotatable bonds is 3. The van der Waals surface area contributed by atoms with E-state index in [4.69, 9.17) is 0 Å². The van der Waals surface area contributed by atoms with Crippen LogP contribution in [0.2, 0.25) is 0 Å². The summed E-state index contributed by atoms with van der Waals surface area (Å²) in [5, 5.41) is 4.75. The maximum atomic E-state index is 3.60. The van der Waals surface area contributed by atoms with Crippen molar-refractivity contribution in [2.45, 2.75) is 44.6 Å². The number of nitrogens with one attached hydrogen (secondary N) is 1. The summed E-state index contributed by atoms with van der Waals surface area (Å²) in [6, 6.07) is 0.815. The molecule has 0 aliphatic carbocycles. The zero-order valence-corrected chi connectivity index (χ0v) is 8.70. The molecule has 0 aromatic carbocycles. The second-order valence-corrected chi connectivity index (χ2v) is 4.12. The Labute approximate surface area is 78.1 Å². The van der Waals surface area contributed by atoms with Gasteiger partial charge in [-0.05, 0) is 32.2 Å². The Morgan fingerprint density at radius 1 is 1.27 bits per heavy atom. The minimum atomic E-state index is 0.815. The number of alkyl halides is 1. The molecule has 1 nitrogen and oxygen atoms in total. The largest absolute Gasteiger partial charge is 0.314 e. The molecular weight excluding hydrogens is 202 g/mol. The Hall–Kier alpha value is 0.440. The average molecular weight is 220 g/mol. The molecule has 1 aliphatic heterocycles. The van der Waals surface area contributed by atoms with Crippen LogP contribution < -0.4 is 5.32 Å². The highest BCUT2D eigenvalue weighted by molar-refractivity contribution is 9.09. The molecule has 1 rings (SSSR count). The first-order valence-electron chi connectivity index (χ1n) is 4.73. The van der Waals surface area contributed by atoms with E-state index in [0.717, 1.165) is 11.4 Å². The van der Waals surface area contributed by atoms with E-state index in [9.17, 15) is 0 Å². The van der Waals surface area contributed by atoms with Gasteiger partial charge in [-0.3, -0.25) is 0 Å². The summed E-state index contributed by atoms with van der Waals surface area (Å²) < 4.78 is 0. The fraction of sp³-hybridized carbons (Fsp3) is 1.00. The highest BCUT2D eigenvalue weighted by atomic mass is 79.9. The summed E-state index contributed by atoms with van der Waals surface area (Å²) in [5.74, 6) is 0. The lowest BCUT2D eigenvalue weighted by Gasteiger charge is -2.14. The van der Waals surface area contributed by atoms with Crippen LogP contribution in [0.5, 0.6) is 0 Å². The van der Waals surface area contributed by atoms with Crippen molar-refractivity contribution in [1.29, 1.82) is 0 Å². The predicted octanol–water partition coefficient (Wildman–Crippen LogP) is 2.69. The van der Waals surface area contributed by atoms with E-state index >= 15 is 0 Å². The molecule has 66 valence electrons. The first-order chi connectivity index (χ1) is 5.43. The van der Waals surface area contributed by atoms with Crippen molar-refractivity contribution in [3.8, 4) is 0 Å². The first-order valence-corrected chi connectivity index (χ1v) is 5.85. The van der Waals surface area contributed by atoms with Crippen molar-refractivity contribution in [3.63, 3.8) is 0 Å². The third-order valence-electron chi connectivity index (χ3n) is 2.35. The minimum Gasteiger partial charge on any atom is -0.314 e. The SMILES string of the molecule is BrCCCC1CCCCCN1. The maximum Gasteiger partial charge on any atom is 0.00673 e. The summed E-state index contributed by atoms with van der Waals surface area (Å²) in [6.45, 7) is 1.24. The molecule has 0 aromatic rings. The lowest BCUT2D eigenvalue weighted by atomic mass is 10.1. The molecule has 0 saturated carbocycles. The molecule has 0 amide bonds. The topological polar surface area (TPSA) is 12.0 Å². The van der Waals surface area contributed by atoms with Gasteiger partial charge in [-0.15, -0.1) is 0 Å². The number of halogens is 1. The van der Waals surface area contributed by atoms with Crippen LogP contribution in [0.4, 0.5) is 0 Å². The zero-order valence-electron chi connectivity index (χ0n) is 7.11. The molecule has 1 unspecified atom stereocenters. The second-order valence-electron chi connectivity index (χ2n) is 3.33. The summed E-state index contributed by atoms with van der Waals surface area (Å²) in [7, 11) is 0. The minimum absolute atomic E-state index is 0.815. The Morgan fingerprint density at radius 2 is 2.18 bits per heavy atom. The quantitative estimate of drug-likeness (QED) is 0.721. The van der Waals surface area contributed by atoms with E-state index in [0.29, 0.717) is 0 Å². The van der Waals surface area contributed by atoms with Crippen molar-refractivity contribution in [2.75, 3.05) is 11.9 Å². The Balaban J connectivity index is 2.09. The molecule has 1 heterocycles. The van der Waals surface area contributed by atoms with E-state index in [1.54, 1.807) is 0 Å². The van der Waals surface area contributed by atoms with Gasteiger partial charge in [0.2, 0.25) is 0 Å². The lowest BCUT2D eigenvalue weighted by molar-refractivity contribution is 0.475. The average Bonchev–Trinajstić information content (AvgIpc) is 2.28. The van der Waals surface area contributed by atoms with Crippen molar-refractivity contribution >= 4 is 15.9 Å². The van der Waals surface area contributed by atoms with E-state index in [1.165, 1.54) is 45.1 Å². The van der Waals surface area contributed by atoms with Gasteiger partial charge in [0.05, 0.1) is 0 Å². The molecule has 0 spiro atoms. The van der Waals surface area contributed by atoms with E-state index in [2.05, 4.69) is 21.2 Å². The third-order valence-corrected chi connectivity index (χ3v) is 2.91. The molecule has 1 atom stereocenters. The van der Waals surface area contributed by atoms with Crippen LogP contribution in [0.15, 0.2) is 0 Å². The van der Waals surface area contributed by atoms with Crippen molar-refractivity contribution in [1.82, 2.24) is 5.32 Å². The highest BCUT2D eigenvalue weighted by Gasteiger charge is 2.09. The second kappa shape index (κ2) is 6.01. The van der Waals surface area contributed by atoms with Gasteiger partial charge >= 0.3 is 0 Å². The third kappa shape index (κ3) is 4.12. The van der Waals surface area contributed by atoms with Gasteiger partial charge < -0.3 is 5.32 Å². The van der Waals surface area contributed by atoms with Crippen molar-refractivity contribution < 1.29 is 0 Å². The van der Waals surface area contributed by atoms with E-state index in [-0.39, 0.29) is 0 Å². The van der Waals surface area contributed by atoms with Crippen LogP contribution in [0.3, 0.4) is 0 Å². The normalized spacial score (nSPS) is 26.5. The Bertz CT molecular complexity index is 87.6. The van der Waals surface area contributed by atoms with Crippen LogP contribution in [-0.2, 0) is 0 Å². The molecule has 1 fully saturated rings. The van der Waals surface area contributed by atoms with Crippen molar-refractivity contribution in [3.05, 3.63) is 0 Å². The molecule has 0 radical (unpaired) electrons. The van der Waals surface area contributed by atoms with Gasteiger partial charge in [0, 0.05) is 11.4 Å². The van der Waals surface area contributed by atoms with Crippen LogP contribution >= 0.6 is 15.9 Å². The standard InChI is InChI=1S/C9H18BrN/c10-7-4-6-9-5-2-1-3-8-11-9/h9,11H,1-8H2. The fourth-order valence-corrected chi connectivity index (χ4v) is 1.99. The molecular formula is C9H18BrN. The van der Waals surface area contributed by atoms with E-state index in [1.807, 2.05) is 0 Å². The molecule has 1 saturated heterocycles. The van der Waals surface area contributed by atoms with Gasteiger partial charge in [0.15, 0.2) is 0 Å². The number of hydrogen-bond donors (Lipinski definition) is 1. The van der Waals surface area contributed by atoms with Crippen molar-refractivity contribution in [2.24, 2.45) is 0 Å². The summed E-state index contributed by atoms with van der Waals surface area (Å²) in [4.78, 5) is 0. The monoisotopic (exact) mass is 219 g/mol. The fourth-order valence-electron chi connectivity index (χ4n) is 1.67. The van der Waals surface area contributed by atoms with Crippen LogP contribution in [-0.4, -0.2) is 17.9 Å². The van der Waals surface area contributed by atoms with Gasteiger partial charge in [-0.2, -0.15) is 0 Å². The van der Waals surface area contributed by atoms with Gasteiger partial charge in [0.1, 0.15) is 0 Å². The Kier molecular flexibility index (Phi) is 5.21. The Morgan fingerprint density at radius 3 is 3.00 bits per heavy atom. The van der Waals surface area contributed by atoms with Gasteiger partial charge in [-0.25, -0.2) is 0 Å². The van der Waals surface area contributed by atoms with Crippen LogP contribution in [0.1, 0.15) is 38.5 Å². The molecule has 0 aromatic heterocycles. The highest BCUT2D eigenvalue weighted by Crippen LogP contribution is 2.12. The summed E-state index contributed by atoms with van der Waals surface area (Å²) >= 11 is 3.47. The molecule has 1 N–H and O–H groups in total. The molecule has 0 bridgehead atoms. The van der Waals surface area contributed by atoms with Crippen LogP contribution in [0.25, 0.3) is 0 Å². The lowest BCUT2D eigenvalue weighted by Crippen LogP contribution is -2.27. The zero-order chi connectivity index (χ0) is 7.94. The predicted molar refractivity (Wildman–Crippen MR) is 53.3 cm³/mol. The van der Waals surface area contributed by atoms with Gasteiger partial charge in [0.25, 0.3) is 0 Å². The molecule has 1 aliphatic rings. The van der Waals surface area contributed by atoms with Crippen LogP contribution in [0, 0.1) is 0 Å². The molecule has 2 heteroatoms.